The van der Waals surface area contributed by atoms with E-state index in [1.165, 1.54) is 11.3 Å². The summed E-state index contributed by atoms with van der Waals surface area (Å²) in [7, 11) is 0. The van der Waals surface area contributed by atoms with Crippen molar-refractivity contribution >= 4 is 40.6 Å². The van der Waals surface area contributed by atoms with Gasteiger partial charge in [-0.25, -0.2) is 4.98 Å². The van der Waals surface area contributed by atoms with E-state index in [2.05, 4.69) is 15.6 Å². The van der Waals surface area contributed by atoms with Gasteiger partial charge < -0.3 is 20.4 Å². The minimum absolute atomic E-state index is 0.00547. The summed E-state index contributed by atoms with van der Waals surface area (Å²) in [5.41, 5.74) is 0.613. The van der Waals surface area contributed by atoms with Gasteiger partial charge in [0, 0.05) is 26.2 Å². The second-order valence-electron chi connectivity index (χ2n) is 7.23. The Balaban J connectivity index is 1.35. The number of piperidine rings is 1. The van der Waals surface area contributed by atoms with Crippen molar-refractivity contribution in [1.82, 2.24) is 15.2 Å². The summed E-state index contributed by atoms with van der Waals surface area (Å²) in [6.45, 7) is 2.70. The molecule has 3 amide bonds. The highest BCUT2D eigenvalue weighted by Crippen LogP contribution is 2.22. The van der Waals surface area contributed by atoms with Crippen molar-refractivity contribution in [2.75, 3.05) is 42.9 Å². The molecule has 2 aromatic heterocycles. The fraction of sp³-hybridized carbons (Fsp3) is 0.400. The van der Waals surface area contributed by atoms with E-state index in [4.69, 9.17) is 0 Å². The molecule has 2 aliphatic heterocycles. The SMILES string of the molecule is O=C1CN(c2ccc(NC(=O)[C@H]3CCCN(C(=O)c4cccs4)C3)cn2)CCN1. The summed E-state index contributed by atoms with van der Waals surface area (Å²) in [6, 6.07) is 7.28. The van der Waals surface area contributed by atoms with Crippen LogP contribution in [0.1, 0.15) is 22.5 Å². The van der Waals surface area contributed by atoms with Crippen molar-refractivity contribution in [2.24, 2.45) is 5.92 Å². The number of hydrogen-bond donors (Lipinski definition) is 2. The van der Waals surface area contributed by atoms with Crippen LogP contribution in [-0.2, 0) is 9.59 Å². The van der Waals surface area contributed by atoms with Gasteiger partial charge in [-0.3, -0.25) is 14.4 Å². The van der Waals surface area contributed by atoms with Crippen LogP contribution in [0.2, 0.25) is 0 Å². The number of aromatic nitrogens is 1. The molecular formula is C20H23N5O3S. The molecule has 9 heteroatoms. The molecular weight excluding hydrogens is 390 g/mol. The number of carbonyl (C=O) groups excluding carboxylic acids is 3. The fourth-order valence-corrected chi connectivity index (χ4v) is 4.35. The monoisotopic (exact) mass is 413 g/mol. The molecule has 2 aromatic rings. The first-order valence-electron chi connectivity index (χ1n) is 9.71. The molecule has 2 fully saturated rings. The van der Waals surface area contributed by atoms with Crippen molar-refractivity contribution in [3.05, 3.63) is 40.7 Å². The van der Waals surface area contributed by atoms with E-state index in [9.17, 15) is 14.4 Å². The standard InChI is InChI=1S/C20H23N5O3S/c26-18-13-24(9-7-21-18)17-6-5-15(11-22-17)23-19(27)14-3-1-8-25(12-14)20(28)16-4-2-10-29-16/h2,4-6,10-11,14H,1,3,7-9,12-13H2,(H,21,26)(H,23,27)/t14-/m0/s1. The van der Waals surface area contributed by atoms with Gasteiger partial charge in [-0.05, 0) is 36.4 Å². The lowest BCUT2D eigenvalue weighted by Crippen LogP contribution is -2.48. The maximum atomic E-state index is 12.7. The zero-order valence-corrected chi connectivity index (χ0v) is 16.8. The molecule has 0 saturated carbocycles. The van der Waals surface area contributed by atoms with E-state index in [0.717, 1.165) is 12.8 Å². The van der Waals surface area contributed by atoms with Gasteiger partial charge in [-0.2, -0.15) is 0 Å². The summed E-state index contributed by atoms with van der Waals surface area (Å²) >= 11 is 1.42. The van der Waals surface area contributed by atoms with Crippen LogP contribution in [0.25, 0.3) is 0 Å². The number of hydrogen-bond acceptors (Lipinski definition) is 6. The summed E-state index contributed by atoms with van der Waals surface area (Å²) in [5, 5.41) is 7.58. The molecule has 2 aliphatic rings. The highest BCUT2D eigenvalue weighted by molar-refractivity contribution is 7.12. The number of nitrogens with zero attached hydrogens (tertiary/aromatic N) is 3. The van der Waals surface area contributed by atoms with Crippen LogP contribution in [0, 0.1) is 5.92 Å². The third-order valence-electron chi connectivity index (χ3n) is 5.19. The molecule has 1 atom stereocenters. The number of rotatable bonds is 4. The molecule has 4 heterocycles. The van der Waals surface area contributed by atoms with Crippen LogP contribution in [0.4, 0.5) is 11.5 Å². The lowest BCUT2D eigenvalue weighted by molar-refractivity contribution is -0.121. The zero-order chi connectivity index (χ0) is 20.2. The Morgan fingerprint density at radius 2 is 2.14 bits per heavy atom. The molecule has 2 saturated heterocycles. The second-order valence-corrected chi connectivity index (χ2v) is 8.18. The van der Waals surface area contributed by atoms with E-state index in [1.807, 2.05) is 28.5 Å². The first kappa shape index (κ1) is 19.4. The van der Waals surface area contributed by atoms with E-state index in [-0.39, 0.29) is 30.2 Å². The van der Waals surface area contributed by atoms with E-state index >= 15 is 0 Å². The van der Waals surface area contributed by atoms with Crippen LogP contribution in [0.5, 0.6) is 0 Å². The van der Waals surface area contributed by atoms with Gasteiger partial charge in [0.05, 0.1) is 29.2 Å². The van der Waals surface area contributed by atoms with Gasteiger partial charge in [0.1, 0.15) is 5.82 Å². The van der Waals surface area contributed by atoms with Gasteiger partial charge in [0.2, 0.25) is 11.8 Å². The fourth-order valence-electron chi connectivity index (χ4n) is 3.66. The van der Waals surface area contributed by atoms with Gasteiger partial charge in [0.15, 0.2) is 0 Å². The van der Waals surface area contributed by atoms with Crippen LogP contribution < -0.4 is 15.5 Å². The second kappa shape index (κ2) is 8.60. The topological polar surface area (TPSA) is 94.6 Å². The minimum Gasteiger partial charge on any atom is -0.353 e. The van der Waals surface area contributed by atoms with Crippen LogP contribution >= 0.6 is 11.3 Å². The minimum atomic E-state index is -0.238. The predicted octanol–water partition coefficient (Wildman–Crippen LogP) is 1.57. The molecule has 0 aliphatic carbocycles. The molecule has 0 spiro atoms. The number of anilines is 2. The largest absolute Gasteiger partial charge is 0.353 e. The first-order valence-corrected chi connectivity index (χ1v) is 10.6. The van der Waals surface area contributed by atoms with Gasteiger partial charge in [-0.1, -0.05) is 6.07 Å². The van der Waals surface area contributed by atoms with E-state index in [1.54, 1.807) is 17.2 Å². The number of amides is 3. The average molecular weight is 414 g/mol. The molecule has 8 nitrogen and oxygen atoms in total. The Kier molecular flexibility index (Phi) is 5.75. The highest BCUT2D eigenvalue weighted by Gasteiger charge is 2.29. The summed E-state index contributed by atoms with van der Waals surface area (Å²) < 4.78 is 0. The maximum absolute atomic E-state index is 12.7. The molecule has 0 radical (unpaired) electrons. The van der Waals surface area contributed by atoms with E-state index < -0.39 is 0 Å². The lowest BCUT2D eigenvalue weighted by Gasteiger charge is -2.31. The molecule has 29 heavy (non-hydrogen) atoms. The number of thiophene rings is 1. The van der Waals surface area contributed by atoms with Crippen molar-refractivity contribution in [2.45, 2.75) is 12.8 Å². The van der Waals surface area contributed by atoms with Gasteiger partial charge in [-0.15, -0.1) is 11.3 Å². The van der Waals surface area contributed by atoms with Crippen LogP contribution in [0.3, 0.4) is 0 Å². The normalized spacial score (nSPS) is 19.6. The average Bonchev–Trinajstić information content (AvgIpc) is 3.29. The van der Waals surface area contributed by atoms with Crippen molar-refractivity contribution < 1.29 is 14.4 Å². The van der Waals surface area contributed by atoms with Gasteiger partial charge >= 0.3 is 0 Å². The Hall–Kier alpha value is -2.94. The highest BCUT2D eigenvalue weighted by atomic mass is 32.1. The number of likely N-dealkylation sites (tertiary alicyclic amines) is 1. The Labute approximate surface area is 172 Å². The molecule has 0 aromatic carbocycles. The summed E-state index contributed by atoms with van der Waals surface area (Å²) in [4.78, 5) is 45.5. The molecule has 4 rings (SSSR count). The quantitative estimate of drug-likeness (QED) is 0.794. The third-order valence-corrected chi connectivity index (χ3v) is 6.05. The van der Waals surface area contributed by atoms with Crippen molar-refractivity contribution in [3.63, 3.8) is 0 Å². The molecule has 0 unspecified atom stereocenters. The third kappa shape index (κ3) is 4.56. The van der Waals surface area contributed by atoms with Crippen LogP contribution in [-0.4, -0.2) is 60.3 Å². The molecule has 152 valence electrons. The predicted molar refractivity (Wildman–Crippen MR) is 111 cm³/mol. The maximum Gasteiger partial charge on any atom is 0.263 e. The number of pyridine rings is 1. The van der Waals surface area contributed by atoms with Gasteiger partial charge in [0.25, 0.3) is 5.91 Å². The van der Waals surface area contributed by atoms with E-state index in [0.29, 0.717) is 42.6 Å². The summed E-state index contributed by atoms with van der Waals surface area (Å²) in [5.74, 6) is 0.352. The number of carbonyl (C=O) groups is 3. The molecule has 2 N–H and O–H groups in total. The van der Waals surface area contributed by atoms with Crippen LogP contribution in [0.15, 0.2) is 35.8 Å². The Bertz CT molecular complexity index is 884. The Morgan fingerprint density at radius 3 is 2.86 bits per heavy atom. The molecule has 0 bridgehead atoms. The lowest BCUT2D eigenvalue weighted by atomic mass is 9.97. The van der Waals surface area contributed by atoms with Crippen molar-refractivity contribution in [1.29, 1.82) is 0 Å². The number of nitrogens with one attached hydrogen (secondary N) is 2. The smallest absolute Gasteiger partial charge is 0.263 e. The summed E-state index contributed by atoms with van der Waals surface area (Å²) in [6.07, 6.45) is 3.18. The Morgan fingerprint density at radius 1 is 1.24 bits per heavy atom. The zero-order valence-electron chi connectivity index (χ0n) is 16.0. The number of piperazine rings is 1. The first-order chi connectivity index (χ1) is 14.1. The van der Waals surface area contributed by atoms with Crippen molar-refractivity contribution in [3.8, 4) is 0 Å².